The Kier molecular flexibility index (Phi) is 3.56. The van der Waals surface area contributed by atoms with Crippen LogP contribution in [0.3, 0.4) is 0 Å². The third kappa shape index (κ3) is 2.28. The Labute approximate surface area is 94.4 Å². The van der Waals surface area contributed by atoms with Gasteiger partial charge in [-0.1, -0.05) is 0 Å². The molecular formula is C9H8FIN2O. The number of aromatic nitrogens is 1. The first-order valence-corrected chi connectivity index (χ1v) is 5.03. The molecule has 0 aliphatic heterocycles. The number of carbonyl (C=O) groups excluding carboxylic acids is 1. The third-order valence-electron chi connectivity index (χ3n) is 1.68. The SMILES string of the molecule is Cc1cc(C(N)=O)cnc1/C(F)=C/I. The van der Waals surface area contributed by atoms with Crippen molar-refractivity contribution in [2.45, 2.75) is 6.92 Å². The topological polar surface area (TPSA) is 56.0 Å². The van der Waals surface area contributed by atoms with Gasteiger partial charge in [0.25, 0.3) is 0 Å². The lowest BCUT2D eigenvalue weighted by molar-refractivity contribution is 0.1000. The molecule has 0 spiro atoms. The van der Waals surface area contributed by atoms with E-state index in [9.17, 15) is 9.18 Å². The maximum absolute atomic E-state index is 13.1. The fourth-order valence-corrected chi connectivity index (χ4v) is 1.31. The molecule has 1 amide bonds. The predicted octanol–water partition coefficient (Wildman–Crippen LogP) is 2.19. The van der Waals surface area contributed by atoms with E-state index < -0.39 is 11.7 Å². The Morgan fingerprint density at radius 3 is 2.79 bits per heavy atom. The van der Waals surface area contributed by atoms with Crippen molar-refractivity contribution in [1.29, 1.82) is 0 Å². The van der Waals surface area contributed by atoms with Crippen LogP contribution in [0.5, 0.6) is 0 Å². The number of pyridine rings is 1. The zero-order valence-electron chi connectivity index (χ0n) is 7.42. The minimum absolute atomic E-state index is 0.240. The highest BCUT2D eigenvalue weighted by molar-refractivity contribution is 14.1. The Morgan fingerprint density at radius 2 is 2.36 bits per heavy atom. The van der Waals surface area contributed by atoms with Crippen LogP contribution in [0.25, 0.3) is 5.83 Å². The van der Waals surface area contributed by atoms with Gasteiger partial charge in [0, 0.05) is 10.3 Å². The number of halogens is 2. The molecule has 2 N–H and O–H groups in total. The molecule has 1 aromatic rings. The van der Waals surface area contributed by atoms with Crippen LogP contribution in [0.2, 0.25) is 0 Å². The molecule has 1 rings (SSSR count). The Hall–Kier alpha value is -0.980. The molecule has 0 unspecified atom stereocenters. The lowest BCUT2D eigenvalue weighted by Gasteiger charge is -2.02. The second kappa shape index (κ2) is 4.50. The average molecular weight is 306 g/mol. The Balaban J connectivity index is 3.20. The fraction of sp³-hybridized carbons (Fsp3) is 0.111. The summed E-state index contributed by atoms with van der Waals surface area (Å²) in [6, 6.07) is 1.52. The number of primary amides is 1. The van der Waals surface area contributed by atoms with E-state index in [1.54, 1.807) is 29.5 Å². The Morgan fingerprint density at radius 1 is 1.71 bits per heavy atom. The Bertz CT molecular complexity index is 404. The summed E-state index contributed by atoms with van der Waals surface area (Å²) in [5.41, 5.74) is 6.17. The highest BCUT2D eigenvalue weighted by atomic mass is 127. The van der Waals surface area contributed by atoms with Crippen molar-refractivity contribution in [2.75, 3.05) is 0 Å². The van der Waals surface area contributed by atoms with Crippen molar-refractivity contribution in [3.8, 4) is 0 Å². The van der Waals surface area contributed by atoms with Crippen LogP contribution < -0.4 is 5.73 Å². The van der Waals surface area contributed by atoms with Gasteiger partial charge >= 0.3 is 0 Å². The molecule has 0 fully saturated rings. The molecule has 0 saturated carbocycles. The van der Waals surface area contributed by atoms with Gasteiger partial charge in [-0.25, -0.2) is 4.39 Å². The van der Waals surface area contributed by atoms with E-state index in [2.05, 4.69) is 4.98 Å². The van der Waals surface area contributed by atoms with Crippen molar-refractivity contribution >= 4 is 34.3 Å². The molecule has 1 heterocycles. The van der Waals surface area contributed by atoms with E-state index >= 15 is 0 Å². The summed E-state index contributed by atoms with van der Waals surface area (Å²) in [6.45, 7) is 1.68. The van der Waals surface area contributed by atoms with Gasteiger partial charge in [-0.3, -0.25) is 9.78 Å². The number of nitrogens with zero attached hydrogens (tertiary/aromatic N) is 1. The number of hydrogen-bond donors (Lipinski definition) is 1. The minimum atomic E-state index is -0.564. The van der Waals surface area contributed by atoms with Crippen LogP contribution in [-0.2, 0) is 0 Å². The van der Waals surface area contributed by atoms with Gasteiger partial charge in [0.1, 0.15) is 5.69 Å². The first kappa shape index (κ1) is 11.1. The second-order valence-electron chi connectivity index (χ2n) is 2.71. The molecule has 14 heavy (non-hydrogen) atoms. The number of nitrogens with two attached hydrogens (primary N) is 1. The van der Waals surface area contributed by atoms with Crippen molar-refractivity contribution < 1.29 is 9.18 Å². The van der Waals surface area contributed by atoms with Crippen LogP contribution in [0.1, 0.15) is 21.6 Å². The highest BCUT2D eigenvalue weighted by Gasteiger charge is 2.08. The summed E-state index contributed by atoms with van der Waals surface area (Å²) in [5.74, 6) is -0.981. The lowest BCUT2D eigenvalue weighted by Crippen LogP contribution is -2.12. The zero-order chi connectivity index (χ0) is 10.7. The van der Waals surface area contributed by atoms with Crippen molar-refractivity contribution in [1.82, 2.24) is 4.98 Å². The van der Waals surface area contributed by atoms with Crippen LogP contribution in [-0.4, -0.2) is 10.9 Å². The maximum atomic E-state index is 13.1. The normalized spacial score (nSPS) is 11.5. The van der Waals surface area contributed by atoms with Crippen LogP contribution in [0.15, 0.2) is 16.3 Å². The summed E-state index contributed by atoms with van der Waals surface area (Å²) in [4.78, 5) is 14.6. The number of aryl methyl sites for hydroxylation is 1. The standard InChI is InChI=1S/C9H8FIN2O/c1-5-2-6(9(12)14)4-13-8(5)7(10)3-11/h2-4H,1H3,(H2,12,14)/b7-3-. The molecule has 3 nitrogen and oxygen atoms in total. The van der Waals surface area contributed by atoms with Crippen LogP contribution in [0, 0.1) is 6.92 Å². The molecule has 0 atom stereocenters. The van der Waals surface area contributed by atoms with Crippen molar-refractivity contribution in [3.63, 3.8) is 0 Å². The van der Waals surface area contributed by atoms with Crippen LogP contribution >= 0.6 is 22.6 Å². The first-order valence-electron chi connectivity index (χ1n) is 3.79. The van der Waals surface area contributed by atoms with E-state index in [1.807, 2.05) is 0 Å². The number of hydrogen-bond acceptors (Lipinski definition) is 2. The average Bonchev–Trinajstić information content (AvgIpc) is 2.16. The monoisotopic (exact) mass is 306 g/mol. The number of carbonyl (C=O) groups is 1. The van der Waals surface area contributed by atoms with Gasteiger partial charge in [-0.05, 0) is 41.1 Å². The van der Waals surface area contributed by atoms with E-state index in [1.165, 1.54) is 16.3 Å². The summed E-state index contributed by atoms with van der Waals surface area (Å²) >= 11 is 1.79. The molecule has 0 saturated heterocycles. The molecule has 0 aromatic carbocycles. The number of rotatable bonds is 2. The molecule has 0 radical (unpaired) electrons. The molecule has 1 aromatic heterocycles. The smallest absolute Gasteiger partial charge is 0.250 e. The summed E-state index contributed by atoms with van der Waals surface area (Å²) < 4.78 is 14.4. The highest BCUT2D eigenvalue weighted by Crippen LogP contribution is 2.19. The third-order valence-corrected chi connectivity index (χ3v) is 2.23. The van der Waals surface area contributed by atoms with Gasteiger partial charge in [0.15, 0.2) is 5.83 Å². The van der Waals surface area contributed by atoms with Gasteiger partial charge in [-0.15, -0.1) is 0 Å². The largest absolute Gasteiger partial charge is 0.366 e. The second-order valence-corrected chi connectivity index (χ2v) is 3.33. The van der Waals surface area contributed by atoms with Gasteiger partial charge in [0.05, 0.1) is 5.56 Å². The van der Waals surface area contributed by atoms with E-state index in [4.69, 9.17) is 5.73 Å². The molecule has 0 aliphatic rings. The van der Waals surface area contributed by atoms with E-state index in [0.29, 0.717) is 5.56 Å². The number of amides is 1. The zero-order valence-corrected chi connectivity index (χ0v) is 9.58. The van der Waals surface area contributed by atoms with Gasteiger partial charge < -0.3 is 5.73 Å². The molecule has 5 heteroatoms. The van der Waals surface area contributed by atoms with E-state index in [0.717, 1.165) is 0 Å². The quantitative estimate of drug-likeness (QED) is 0.852. The molecule has 74 valence electrons. The molecular weight excluding hydrogens is 298 g/mol. The van der Waals surface area contributed by atoms with Gasteiger partial charge in [-0.2, -0.15) is 0 Å². The predicted molar refractivity (Wildman–Crippen MR) is 60.6 cm³/mol. The minimum Gasteiger partial charge on any atom is -0.366 e. The van der Waals surface area contributed by atoms with Gasteiger partial charge in [0.2, 0.25) is 5.91 Å². The summed E-state index contributed by atoms with van der Waals surface area (Å²) in [5, 5.41) is 0. The summed E-state index contributed by atoms with van der Waals surface area (Å²) in [7, 11) is 0. The maximum Gasteiger partial charge on any atom is 0.250 e. The van der Waals surface area contributed by atoms with Crippen molar-refractivity contribution in [2.24, 2.45) is 5.73 Å². The van der Waals surface area contributed by atoms with Crippen LogP contribution in [0.4, 0.5) is 4.39 Å². The fourth-order valence-electron chi connectivity index (χ4n) is 1.01. The van der Waals surface area contributed by atoms with E-state index in [-0.39, 0.29) is 11.3 Å². The molecule has 0 aliphatic carbocycles. The molecule has 0 bridgehead atoms. The van der Waals surface area contributed by atoms with Crippen molar-refractivity contribution in [3.05, 3.63) is 33.2 Å². The summed E-state index contributed by atoms with van der Waals surface area (Å²) in [6.07, 6.45) is 1.27. The lowest BCUT2D eigenvalue weighted by atomic mass is 10.1. The first-order chi connectivity index (χ1) is 6.56.